The first-order valence-corrected chi connectivity index (χ1v) is 6.88. The minimum absolute atomic E-state index is 0.649. The Morgan fingerprint density at radius 2 is 2.22 bits per heavy atom. The number of halogens is 1. The number of rotatable bonds is 7. The molecule has 2 N–H and O–H groups in total. The fourth-order valence-electron chi connectivity index (χ4n) is 2.27. The van der Waals surface area contributed by atoms with Crippen LogP contribution in [0, 0.1) is 0 Å². The molecule has 18 heavy (non-hydrogen) atoms. The quantitative estimate of drug-likeness (QED) is 0.826. The Bertz CT molecular complexity index is 393. The van der Waals surface area contributed by atoms with Gasteiger partial charge in [-0.1, -0.05) is 11.6 Å². The van der Waals surface area contributed by atoms with Crippen LogP contribution < -0.4 is 10.6 Å². The molecule has 0 amide bonds. The molecule has 0 aromatic heterocycles. The zero-order valence-corrected chi connectivity index (χ0v) is 11.6. The molecule has 1 aromatic rings. The van der Waals surface area contributed by atoms with Crippen LogP contribution in [0.15, 0.2) is 18.2 Å². The Morgan fingerprint density at radius 1 is 1.44 bits per heavy atom. The van der Waals surface area contributed by atoms with Crippen LogP contribution in [0.1, 0.15) is 18.4 Å². The number of hydrogen-bond donors (Lipinski definition) is 1. The van der Waals surface area contributed by atoms with E-state index in [0.29, 0.717) is 12.6 Å². The summed E-state index contributed by atoms with van der Waals surface area (Å²) in [7, 11) is 1.74. The van der Waals surface area contributed by atoms with Crippen LogP contribution in [-0.2, 0) is 11.2 Å². The molecule has 1 aliphatic rings. The second kappa shape index (κ2) is 6.41. The topological polar surface area (TPSA) is 38.5 Å². The van der Waals surface area contributed by atoms with Gasteiger partial charge in [0.15, 0.2) is 0 Å². The molecule has 100 valence electrons. The van der Waals surface area contributed by atoms with Crippen LogP contribution in [0.25, 0.3) is 0 Å². The molecular formula is C14H21ClN2O. The van der Waals surface area contributed by atoms with Gasteiger partial charge in [0.2, 0.25) is 0 Å². The molecule has 0 atom stereocenters. The van der Waals surface area contributed by atoms with Gasteiger partial charge in [-0.15, -0.1) is 0 Å². The zero-order valence-electron chi connectivity index (χ0n) is 10.9. The van der Waals surface area contributed by atoms with Gasteiger partial charge < -0.3 is 15.4 Å². The first-order valence-electron chi connectivity index (χ1n) is 6.50. The van der Waals surface area contributed by atoms with Gasteiger partial charge in [-0.2, -0.15) is 0 Å². The number of ether oxygens (including phenoxy) is 1. The van der Waals surface area contributed by atoms with Crippen molar-refractivity contribution >= 4 is 17.3 Å². The molecule has 3 nitrogen and oxygen atoms in total. The third-order valence-corrected chi connectivity index (χ3v) is 3.52. The minimum Gasteiger partial charge on any atom is -0.383 e. The predicted molar refractivity (Wildman–Crippen MR) is 76.5 cm³/mol. The highest BCUT2D eigenvalue weighted by atomic mass is 35.5. The number of nitrogens with zero attached hydrogens (tertiary/aromatic N) is 1. The van der Waals surface area contributed by atoms with Crippen LogP contribution in [0.3, 0.4) is 0 Å². The van der Waals surface area contributed by atoms with Gasteiger partial charge >= 0.3 is 0 Å². The molecule has 1 aromatic carbocycles. The van der Waals surface area contributed by atoms with Crippen molar-refractivity contribution in [3.05, 3.63) is 28.8 Å². The summed E-state index contributed by atoms with van der Waals surface area (Å²) in [6.45, 7) is 2.33. The summed E-state index contributed by atoms with van der Waals surface area (Å²) in [5.74, 6) is 0. The summed E-state index contributed by atoms with van der Waals surface area (Å²) < 4.78 is 5.20. The number of benzene rings is 1. The van der Waals surface area contributed by atoms with E-state index >= 15 is 0 Å². The van der Waals surface area contributed by atoms with Crippen molar-refractivity contribution in [3.8, 4) is 0 Å². The van der Waals surface area contributed by atoms with Gasteiger partial charge in [0.25, 0.3) is 0 Å². The summed E-state index contributed by atoms with van der Waals surface area (Å²) in [6, 6.07) is 6.77. The first kappa shape index (κ1) is 13.7. The Kier molecular flexibility index (Phi) is 4.87. The van der Waals surface area contributed by atoms with Crippen LogP contribution in [0.4, 0.5) is 5.69 Å². The SMILES string of the molecule is COCCN(c1ccc(Cl)cc1CCN)C1CC1. The molecule has 0 heterocycles. The van der Waals surface area contributed by atoms with E-state index in [0.717, 1.165) is 24.6 Å². The average Bonchev–Trinajstić information content (AvgIpc) is 3.17. The molecule has 2 rings (SSSR count). The molecule has 0 saturated heterocycles. The van der Waals surface area contributed by atoms with E-state index in [2.05, 4.69) is 11.0 Å². The van der Waals surface area contributed by atoms with Gasteiger partial charge in [0, 0.05) is 30.4 Å². The fraction of sp³-hybridized carbons (Fsp3) is 0.571. The lowest BCUT2D eigenvalue weighted by molar-refractivity contribution is 0.205. The van der Waals surface area contributed by atoms with Crippen molar-refractivity contribution in [3.63, 3.8) is 0 Å². The predicted octanol–water partition coefficient (Wildman–Crippen LogP) is 2.46. The molecule has 0 bridgehead atoms. The first-order chi connectivity index (χ1) is 8.76. The van der Waals surface area contributed by atoms with Crippen LogP contribution in [-0.4, -0.2) is 32.8 Å². The van der Waals surface area contributed by atoms with Crippen molar-refractivity contribution in [2.24, 2.45) is 5.73 Å². The maximum Gasteiger partial charge on any atom is 0.0637 e. The summed E-state index contributed by atoms with van der Waals surface area (Å²) in [4.78, 5) is 2.44. The summed E-state index contributed by atoms with van der Waals surface area (Å²) >= 11 is 6.07. The van der Waals surface area contributed by atoms with Crippen LogP contribution >= 0.6 is 11.6 Å². The van der Waals surface area contributed by atoms with Crippen molar-refractivity contribution < 1.29 is 4.74 Å². The van der Waals surface area contributed by atoms with Crippen molar-refractivity contribution in [1.82, 2.24) is 0 Å². The van der Waals surface area contributed by atoms with Gasteiger partial charge in [0.1, 0.15) is 0 Å². The maximum atomic E-state index is 6.07. The Morgan fingerprint density at radius 3 is 2.83 bits per heavy atom. The third-order valence-electron chi connectivity index (χ3n) is 3.29. The van der Waals surface area contributed by atoms with E-state index in [9.17, 15) is 0 Å². The van der Waals surface area contributed by atoms with Crippen molar-refractivity contribution in [2.75, 3.05) is 31.7 Å². The standard InChI is InChI=1S/C14H21ClN2O/c1-18-9-8-17(13-3-4-13)14-5-2-12(15)10-11(14)6-7-16/h2,5,10,13H,3-4,6-9,16H2,1H3. The summed E-state index contributed by atoms with van der Waals surface area (Å²) in [5.41, 5.74) is 8.20. The molecule has 0 spiro atoms. The van der Waals surface area contributed by atoms with E-state index in [1.54, 1.807) is 7.11 Å². The van der Waals surface area contributed by atoms with E-state index < -0.39 is 0 Å². The van der Waals surface area contributed by atoms with Crippen LogP contribution in [0.2, 0.25) is 5.02 Å². The Labute approximate surface area is 114 Å². The van der Waals surface area contributed by atoms with Crippen LogP contribution in [0.5, 0.6) is 0 Å². The van der Waals surface area contributed by atoms with Gasteiger partial charge in [-0.25, -0.2) is 0 Å². The highest BCUT2D eigenvalue weighted by molar-refractivity contribution is 6.30. The number of nitrogens with two attached hydrogens (primary N) is 1. The van der Waals surface area contributed by atoms with E-state index in [4.69, 9.17) is 22.1 Å². The second-order valence-electron chi connectivity index (χ2n) is 4.73. The highest BCUT2D eigenvalue weighted by Gasteiger charge is 2.30. The van der Waals surface area contributed by atoms with E-state index in [-0.39, 0.29) is 0 Å². The smallest absolute Gasteiger partial charge is 0.0637 e. The van der Waals surface area contributed by atoms with Crippen molar-refractivity contribution in [2.45, 2.75) is 25.3 Å². The molecule has 0 unspecified atom stereocenters. The number of hydrogen-bond acceptors (Lipinski definition) is 3. The number of anilines is 1. The lowest BCUT2D eigenvalue weighted by atomic mass is 10.1. The Balaban J connectivity index is 2.21. The largest absolute Gasteiger partial charge is 0.383 e. The highest BCUT2D eigenvalue weighted by Crippen LogP contribution is 2.34. The van der Waals surface area contributed by atoms with Gasteiger partial charge in [-0.3, -0.25) is 0 Å². The molecule has 0 aliphatic heterocycles. The minimum atomic E-state index is 0.649. The molecule has 0 radical (unpaired) electrons. The summed E-state index contributed by atoms with van der Waals surface area (Å²) in [6.07, 6.45) is 3.41. The van der Waals surface area contributed by atoms with Crippen molar-refractivity contribution in [1.29, 1.82) is 0 Å². The normalized spacial score (nSPS) is 14.8. The van der Waals surface area contributed by atoms with Gasteiger partial charge in [-0.05, 0) is 49.6 Å². The molecule has 1 aliphatic carbocycles. The lowest BCUT2D eigenvalue weighted by Crippen LogP contribution is -2.30. The third kappa shape index (κ3) is 3.37. The fourth-order valence-corrected chi connectivity index (χ4v) is 2.46. The van der Waals surface area contributed by atoms with E-state index in [1.165, 1.54) is 24.1 Å². The zero-order chi connectivity index (χ0) is 13.0. The molecule has 1 fully saturated rings. The average molecular weight is 269 g/mol. The lowest BCUT2D eigenvalue weighted by Gasteiger charge is -2.27. The number of methoxy groups -OCH3 is 1. The molecule has 4 heteroatoms. The monoisotopic (exact) mass is 268 g/mol. The molecular weight excluding hydrogens is 248 g/mol. The maximum absolute atomic E-state index is 6.07. The molecule has 1 saturated carbocycles. The van der Waals surface area contributed by atoms with Gasteiger partial charge in [0.05, 0.1) is 6.61 Å². The summed E-state index contributed by atoms with van der Waals surface area (Å²) in [5, 5.41) is 0.782. The van der Waals surface area contributed by atoms with E-state index in [1.807, 2.05) is 12.1 Å². The Hall–Kier alpha value is -0.770. The second-order valence-corrected chi connectivity index (χ2v) is 5.17.